The highest BCUT2D eigenvalue weighted by Gasteiger charge is 2.11. The molecule has 0 saturated heterocycles. The summed E-state index contributed by atoms with van der Waals surface area (Å²) in [6, 6.07) is 9.22. The number of aliphatic hydroxyl groups is 2. The molecule has 3 nitrogen and oxygen atoms in total. The molecule has 0 saturated carbocycles. The molecule has 2 N–H and O–H groups in total. The molecule has 3 atom stereocenters. The molecule has 0 heterocycles. The fourth-order valence-electron chi connectivity index (χ4n) is 2.08. The average molecular weight is 280 g/mol. The van der Waals surface area contributed by atoms with Crippen LogP contribution >= 0.6 is 0 Å². The third kappa shape index (κ3) is 7.04. The highest BCUT2D eigenvalue weighted by molar-refractivity contribution is 5.15. The lowest BCUT2D eigenvalue weighted by atomic mass is 10.00. The van der Waals surface area contributed by atoms with Gasteiger partial charge in [0, 0.05) is 5.56 Å². The molecule has 3 unspecified atom stereocenters. The summed E-state index contributed by atoms with van der Waals surface area (Å²) in [4.78, 5) is 0. The van der Waals surface area contributed by atoms with Gasteiger partial charge in [0.1, 0.15) is 0 Å². The maximum Gasteiger partial charge on any atom is 0.181 e. The first-order chi connectivity index (χ1) is 9.63. The van der Waals surface area contributed by atoms with E-state index in [0.717, 1.165) is 30.7 Å². The summed E-state index contributed by atoms with van der Waals surface area (Å²) in [5, 5.41) is 19.6. The van der Waals surface area contributed by atoms with Crippen molar-refractivity contribution in [2.45, 2.75) is 58.3 Å². The van der Waals surface area contributed by atoms with Crippen LogP contribution in [-0.2, 0) is 4.74 Å². The minimum absolute atomic E-state index is 0.180. The van der Waals surface area contributed by atoms with E-state index in [2.05, 4.69) is 13.8 Å². The van der Waals surface area contributed by atoms with E-state index < -0.39 is 12.4 Å². The summed E-state index contributed by atoms with van der Waals surface area (Å²) in [6.45, 7) is 4.65. The number of hydrogen-bond acceptors (Lipinski definition) is 3. The van der Waals surface area contributed by atoms with E-state index in [1.165, 1.54) is 12.8 Å². The second-order valence-corrected chi connectivity index (χ2v) is 5.55. The van der Waals surface area contributed by atoms with Crippen LogP contribution in [0.2, 0.25) is 0 Å². The molecule has 1 rings (SSSR count). The van der Waals surface area contributed by atoms with Gasteiger partial charge in [0.15, 0.2) is 6.29 Å². The Morgan fingerprint density at radius 1 is 1.05 bits per heavy atom. The molecule has 0 aliphatic rings. The zero-order chi connectivity index (χ0) is 14.8. The predicted molar refractivity (Wildman–Crippen MR) is 81.3 cm³/mol. The van der Waals surface area contributed by atoms with Crippen LogP contribution in [-0.4, -0.2) is 22.9 Å². The zero-order valence-electron chi connectivity index (χ0n) is 12.7. The molecule has 0 radical (unpaired) electrons. The van der Waals surface area contributed by atoms with Crippen molar-refractivity contribution in [3.8, 4) is 0 Å². The van der Waals surface area contributed by atoms with Gasteiger partial charge < -0.3 is 14.9 Å². The Morgan fingerprint density at radius 2 is 1.70 bits per heavy atom. The molecular weight excluding hydrogens is 252 g/mol. The van der Waals surface area contributed by atoms with Gasteiger partial charge in [-0.3, -0.25) is 0 Å². The summed E-state index contributed by atoms with van der Waals surface area (Å²) < 4.78 is 5.29. The van der Waals surface area contributed by atoms with Crippen LogP contribution in [0.4, 0.5) is 0 Å². The topological polar surface area (TPSA) is 49.7 Å². The Balaban J connectivity index is 2.12. The fourth-order valence-corrected chi connectivity index (χ4v) is 2.08. The molecule has 0 aliphatic heterocycles. The third-order valence-corrected chi connectivity index (χ3v) is 3.71. The van der Waals surface area contributed by atoms with E-state index >= 15 is 0 Å². The number of hydrogen-bond donors (Lipinski definition) is 2. The molecule has 0 bridgehead atoms. The van der Waals surface area contributed by atoms with Gasteiger partial charge in [0.05, 0.1) is 12.7 Å². The molecular formula is C17H28O3. The molecule has 0 aliphatic carbocycles. The lowest BCUT2D eigenvalue weighted by Crippen LogP contribution is -2.17. The minimum Gasteiger partial charge on any atom is -0.391 e. The standard InChI is InChI=1S/C17H28O3/c1-3-14(2)9-7-8-12-16(18)13-20-17(19)15-10-5-4-6-11-15/h4-6,10-11,14,16-19H,3,7-9,12-13H2,1-2H3. The van der Waals surface area contributed by atoms with Crippen molar-refractivity contribution in [3.05, 3.63) is 35.9 Å². The van der Waals surface area contributed by atoms with Gasteiger partial charge in [-0.25, -0.2) is 0 Å². The van der Waals surface area contributed by atoms with Crippen molar-refractivity contribution in [1.29, 1.82) is 0 Å². The summed E-state index contributed by atoms with van der Waals surface area (Å²) >= 11 is 0. The van der Waals surface area contributed by atoms with Crippen LogP contribution in [0.1, 0.15) is 57.8 Å². The van der Waals surface area contributed by atoms with Gasteiger partial charge in [-0.2, -0.15) is 0 Å². The van der Waals surface area contributed by atoms with E-state index in [-0.39, 0.29) is 6.61 Å². The summed E-state index contributed by atoms with van der Waals surface area (Å²) in [5.41, 5.74) is 0.719. The van der Waals surface area contributed by atoms with Crippen molar-refractivity contribution >= 4 is 0 Å². The molecule has 0 fully saturated rings. The van der Waals surface area contributed by atoms with Crippen LogP contribution in [0.25, 0.3) is 0 Å². The zero-order valence-corrected chi connectivity index (χ0v) is 12.7. The summed E-state index contributed by atoms with van der Waals surface area (Å²) in [5.74, 6) is 0.767. The molecule has 1 aromatic rings. The number of aliphatic hydroxyl groups excluding tert-OH is 2. The lowest BCUT2D eigenvalue weighted by Gasteiger charge is -2.16. The van der Waals surface area contributed by atoms with E-state index in [4.69, 9.17) is 4.74 Å². The van der Waals surface area contributed by atoms with Crippen LogP contribution in [0.3, 0.4) is 0 Å². The SMILES string of the molecule is CCC(C)CCCCC(O)COC(O)c1ccccc1. The van der Waals surface area contributed by atoms with E-state index in [0.29, 0.717) is 0 Å². The largest absolute Gasteiger partial charge is 0.391 e. The predicted octanol–water partition coefficient (Wildman–Crippen LogP) is 3.66. The van der Waals surface area contributed by atoms with Crippen LogP contribution in [0.5, 0.6) is 0 Å². The highest BCUT2D eigenvalue weighted by Crippen LogP contribution is 2.16. The third-order valence-electron chi connectivity index (χ3n) is 3.71. The maximum absolute atomic E-state index is 9.83. The molecule has 20 heavy (non-hydrogen) atoms. The van der Waals surface area contributed by atoms with Crippen LogP contribution in [0.15, 0.2) is 30.3 Å². The molecule has 1 aromatic carbocycles. The average Bonchev–Trinajstić information content (AvgIpc) is 2.49. The van der Waals surface area contributed by atoms with Gasteiger partial charge in [0.2, 0.25) is 0 Å². The number of unbranched alkanes of at least 4 members (excludes halogenated alkanes) is 1. The Bertz CT molecular complexity index is 339. The van der Waals surface area contributed by atoms with Gasteiger partial charge in [-0.1, -0.05) is 69.9 Å². The lowest BCUT2D eigenvalue weighted by molar-refractivity contribution is -0.126. The Kier molecular flexibility index (Phi) is 8.51. The van der Waals surface area contributed by atoms with E-state index in [1.54, 1.807) is 0 Å². The number of benzene rings is 1. The quantitative estimate of drug-likeness (QED) is 0.508. The van der Waals surface area contributed by atoms with Gasteiger partial charge in [-0.15, -0.1) is 0 Å². The Labute approximate surface area is 122 Å². The van der Waals surface area contributed by atoms with Crippen molar-refractivity contribution in [2.75, 3.05) is 6.61 Å². The van der Waals surface area contributed by atoms with Crippen LogP contribution in [0, 0.1) is 5.92 Å². The Morgan fingerprint density at radius 3 is 2.35 bits per heavy atom. The second-order valence-electron chi connectivity index (χ2n) is 5.55. The van der Waals surface area contributed by atoms with E-state index in [1.807, 2.05) is 30.3 Å². The van der Waals surface area contributed by atoms with E-state index in [9.17, 15) is 10.2 Å². The van der Waals surface area contributed by atoms with Crippen molar-refractivity contribution < 1.29 is 14.9 Å². The smallest absolute Gasteiger partial charge is 0.181 e. The molecule has 0 spiro atoms. The highest BCUT2D eigenvalue weighted by atomic mass is 16.6. The molecule has 0 amide bonds. The molecule has 3 heteroatoms. The Hall–Kier alpha value is -0.900. The van der Waals surface area contributed by atoms with Gasteiger partial charge >= 0.3 is 0 Å². The molecule has 0 aromatic heterocycles. The first-order valence-corrected chi connectivity index (χ1v) is 7.66. The minimum atomic E-state index is -0.953. The second kappa shape index (κ2) is 9.92. The normalized spacial score (nSPS) is 15.8. The molecule has 114 valence electrons. The summed E-state index contributed by atoms with van der Waals surface area (Å²) in [6.07, 6.45) is 3.88. The van der Waals surface area contributed by atoms with Crippen molar-refractivity contribution in [1.82, 2.24) is 0 Å². The van der Waals surface area contributed by atoms with Gasteiger partial charge in [0.25, 0.3) is 0 Å². The first-order valence-electron chi connectivity index (χ1n) is 7.66. The number of rotatable bonds is 10. The monoisotopic (exact) mass is 280 g/mol. The first kappa shape index (κ1) is 17.2. The number of ether oxygens (including phenoxy) is 1. The van der Waals surface area contributed by atoms with Gasteiger partial charge in [-0.05, 0) is 12.3 Å². The van der Waals surface area contributed by atoms with Crippen LogP contribution < -0.4 is 0 Å². The maximum atomic E-state index is 9.83. The summed E-state index contributed by atoms with van der Waals surface area (Å²) in [7, 11) is 0. The van der Waals surface area contributed by atoms with Crippen molar-refractivity contribution in [3.63, 3.8) is 0 Å². The van der Waals surface area contributed by atoms with Crippen molar-refractivity contribution in [2.24, 2.45) is 5.92 Å². The fraction of sp³-hybridized carbons (Fsp3) is 0.647.